The number of methoxy groups -OCH3 is 2. The summed E-state index contributed by atoms with van der Waals surface area (Å²) in [7, 11) is 2.97. The van der Waals surface area contributed by atoms with E-state index in [2.05, 4.69) is 0 Å². The van der Waals surface area contributed by atoms with Gasteiger partial charge in [0, 0.05) is 25.2 Å². The van der Waals surface area contributed by atoms with Crippen LogP contribution in [0.3, 0.4) is 0 Å². The minimum absolute atomic E-state index is 0.0494. The summed E-state index contributed by atoms with van der Waals surface area (Å²) in [5.74, 6) is -0.394. The van der Waals surface area contributed by atoms with Gasteiger partial charge in [0.25, 0.3) is 0 Å². The highest BCUT2D eigenvalue weighted by atomic mass is 19.1. The van der Waals surface area contributed by atoms with Crippen molar-refractivity contribution in [2.45, 2.75) is 19.4 Å². The molecule has 16 heavy (non-hydrogen) atoms. The predicted molar refractivity (Wildman–Crippen MR) is 59.2 cm³/mol. The van der Waals surface area contributed by atoms with Crippen LogP contribution in [0.1, 0.15) is 24.0 Å². The zero-order chi connectivity index (χ0) is 12.1. The van der Waals surface area contributed by atoms with Crippen molar-refractivity contribution >= 4 is 0 Å². The van der Waals surface area contributed by atoms with Gasteiger partial charge in [-0.2, -0.15) is 0 Å². The lowest BCUT2D eigenvalue weighted by atomic mass is 9.98. The standard InChI is InChI=1S/C12H17FO3/c1-8(6-14)10-4-9(7-15-2)5-11(13)12(10)16-3/h4-5,8,14H,6-7H2,1-3H3. The van der Waals surface area contributed by atoms with Crippen LogP contribution in [0.25, 0.3) is 0 Å². The molecule has 0 aliphatic rings. The Morgan fingerprint density at radius 1 is 1.38 bits per heavy atom. The number of aliphatic hydroxyl groups excluding tert-OH is 1. The van der Waals surface area contributed by atoms with Crippen molar-refractivity contribution in [1.29, 1.82) is 0 Å². The summed E-state index contributed by atoms with van der Waals surface area (Å²) in [5, 5.41) is 9.11. The van der Waals surface area contributed by atoms with Gasteiger partial charge in [-0.05, 0) is 17.7 Å². The number of aliphatic hydroxyl groups is 1. The van der Waals surface area contributed by atoms with E-state index in [4.69, 9.17) is 14.6 Å². The smallest absolute Gasteiger partial charge is 0.165 e. The topological polar surface area (TPSA) is 38.7 Å². The summed E-state index contributed by atoms with van der Waals surface area (Å²) in [6.07, 6.45) is 0. The third kappa shape index (κ3) is 2.71. The second-order valence-corrected chi connectivity index (χ2v) is 3.72. The fourth-order valence-corrected chi connectivity index (χ4v) is 1.60. The molecule has 3 nitrogen and oxygen atoms in total. The predicted octanol–water partition coefficient (Wildman–Crippen LogP) is 2.08. The summed E-state index contributed by atoms with van der Waals surface area (Å²) in [4.78, 5) is 0. The van der Waals surface area contributed by atoms with Crippen molar-refractivity contribution in [2.75, 3.05) is 20.8 Å². The van der Waals surface area contributed by atoms with Crippen molar-refractivity contribution in [2.24, 2.45) is 0 Å². The molecule has 0 spiro atoms. The van der Waals surface area contributed by atoms with E-state index in [0.717, 1.165) is 5.56 Å². The molecular weight excluding hydrogens is 211 g/mol. The fraction of sp³-hybridized carbons (Fsp3) is 0.500. The summed E-state index contributed by atoms with van der Waals surface area (Å²) in [6.45, 7) is 2.10. The zero-order valence-corrected chi connectivity index (χ0v) is 9.79. The van der Waals surface area contributed by atoms with Gasteiger partial charge in [-0.15, -0.1) is 0 Å². The maximum Gasteiger partial charge on any atom is 0.165 e. The van der Waals surface area contributed by atoms with Crippen molar-refractivity contribution in [1.82, 2.24) is 0 Å². The van der Waals surface area contributed by atoms with Crippen LogP contribution in [0.15, 0.2) is 12.1 Å². The van der Waals surface area contributed by atoms with Crippen molar-refractivity contribution in [3.63, 3.8) is 0 Å². The van der Waals surface area contributed by atoms with Gasteiger partial charge in [0.1, 0.15) is 0 Å². The molecule has 0 aliphatic carbocycles. The van der Waals surface area contributed by atoms with E-state index in [0.29, 0.717) is 12.2 Å². The Labute approximate surface area is 94.8 Å². The summed E-state index contributed by atoms with van der Waals surface area (Å²) in [5.41, 5.74) is 1.40. The Morgan fingerprint density at radius 3 is 2.56 bits per heavy atom. The van der Waals surface area contributed by atoms with Gasteiger partial charge in [-0.3, -0.25) is 0 Å². The van der Waals surface area contributed by atoms with Gasteiger partial charge in [-0.25, -0.2) is 4.39 Å². The molecule has 0 fully saturated rings. The average molecular weight is 228 g/mol. The first-order chi connectivity index (χ1) is 7.63. The molecule has 4 heteroatoms. The molecule has 0 bridgehead atoms. The van der Waals surface area contributed by atoms with E-state index >= 15 is 0 Å². The van der Waals surface area contributed by atoms with Crippen LogP contribution < -0.4 is 4.74 Å². The van der Waals surface area contributed by atoms with Gasteiger partial charge >= 0.3 is 0 Å². The lowest BCUT2D eigenvalue weighted by molar-refractivity contribution is 0.184. The normalized spacial score (nSPS) is 12.6. The van der Waals surface area contributed by atoms with Gasteiger partial charge in [0.2, 0.25) is 0 Å². The Hall–Kier alpha value is -1.13. The van der Waals surface area contributed by atoms with Crippen LogP contribution in [0, 0.1) is 5.82 Å². The molecular formula is C12H17FO3. The van der Waals surface area contributed by atoms with Crippen LogP contribution in [0.2, 0.25) is 0 Å². The van der Waals surface area contributed by atoms with E-state index in [1.165, 1.54) is 13.2 Å². The highest BCUT2D eigenvalue weighted by molar-refractivity contribution is 5.40. The minimum atomic E-state index is -0.424. The number of halogens is 1. The minimum Gasteiger partial charge on any atom is -0.493 e. The molecule has 1 atom stereocenters. The fourth-order valence-electron chi connectivity index (χ4n) is 1.60. The molecule has 0 heterocycles. The molecule has 0 amide bonds. The number of benzene rings is 1. The zero-order valence-electron chi connectivity index (χ0n) is 9.79. The van der Waals surface area contributed by atoms with Crippen molar-refractivity contribution in [3.05, 3.63) is 29.1 Å². The third-order valence-electron chi connectivity index (χ3n) is 2.45. The van der Waals surface area contributed by atoms with Crippen LogP contribution in [0.4, 0.5) is 4.39 Å². The van der Waals surface area contributed by atoms with E-state index in [-0.39, 0.29) is 18.3 Å². The van der Waals surface area contributed by atoms with Crippen LogP contribution in [0.5, 0.6) is 5.75 Å². The quantitative estimate of drug-likeness (QED) is 0.838. The number of hydrogen-bond acceptors (Lipinski definition) is 3. The third-order valence-corrected chi connectivity index (χ3v) is 2.45. The Bertz CT molecular complexity index is 352. The molecule has 0 saturated carbocycles. The maximum atomic E-state index is 13.7. The second kappa shape index (κ2) is 5.82. The molecule has 1 unspecified atom stereocenters. The highest BCUT2D eigenvalue weighted by Crippen LogP contribution is 2.30. The molecule has 0 aliphatic heterocycles. The van der Waals surface area contributed by atoms with E-state index in [1.807, 2.05) is 6.92 Å². The van der Waals surface area contributed by atoms with Gasteiger partial charge in [-0.1, -0.05) is 6.92 Å². The summed E-state index contributed by atoms with van der Waals surface area (Å²) >= 11 is 0. The first-order valence-corrected chi connectivity index (χ1v) is 5.10. The Balaban J connectivity index is 3.19. The largest absolute Gasteiger partial charge is 0.493 e. The molecule has 0 radical (unpaired) electrons. The van der Waals surface area contributed by atoms with Crippen molar-refractivity contribution < 1.29 is 19.0 Å². The summed E-state index contributed by atoms with van der Waals surface area (Å²) in [6, 6.07) is 3.18. The first-order valence-electron chi connectivity index (χ1n) is 5.10. The Morgan fingerprint density at radius 2 is 2.06 bits per heavy atom. The SMILES string of the molecule is COCc1cc(F)c(OC)c(C(C)CO)c1. The van der Waals surface area contributed by atoms with Crippen LogP contribution in [-0.4, -0.2) is 25.9 Å². The molecule has 1 aromatic rings. The van der Waals surface area contributed by atoms with Crippen LogP contribution in [-0.2, 0) is 11.3 Å². The molecule has 1 N–H and O–H groups in total. The molecule has 0 saturated heterocycles. The second-order valence-electron chi connectivity index (χ2n) is 3.72. The molecule has 1 aromatic carbocycles. The average Bonchev–Trinajstić information content (AvgIpc) is 2.27. The first kappa shape index (κ1) is 12.9. The van der Waals surface area contributed by atoms with E-state index in [1.54, 1.807) is 13.2 Å². The summed E-state index contributed by atoms with van der Waals surface area (Å²) < 4.78 is 23.6. The number of hydrogen-bond donors (Lipinski definition) is 1. The lowest BCUT2D eigenvalue weighted by Crippen LogP contribution is -2.05. The van der Waals surface area contributed by atoms with Gasteiger partial charge in [0.15, 0.2) is 11.6 Å². The van der Waals surface area contributed by atoms with E-state index < -0.39 is 5.82 Å². The maximum absolute atomic E-state index is 13.7. The van der Waals surface area contributed by atoms with Crippen LogP contribution >= 0.6 is 0 Å². The van der Waals surface area contributed by atoms with Crippen molar-refractivity contribution in [3.8, 4) is 5.75 Å². The molecule has 0 aromatic heterocycles. The molecule has 1 rings (SSSR count). The highest BCUT2D eigenvalue weighted by Gasteiger charge is 2.16. The Kier molecular flexibility index (Phi) is 4.71. The van der Waals surface area contributed by atoms with Gasteiger partial charge in [0.05, 0.1) is 13.7 Å². The number of ether oxygens (including phenoxy) is 2. The monoisotopic (exact) mass is 228 g/mol. The lowest BCUT2D eigenvalue weighted by Gasteiger charge is -2.15. The van der Waals surface area contributed by atoms with E-state index in [9.17, 15) is 4.39 Å². The van der Waals surface area contributed by atoms with Gasteiger partial charge < -0.3 is 14.6 Å². The molecule has 90 valence electrons. The number of rotatable bonds is 5.